The second-order valence-corrected chi connectivity index (χ2v) is 9.31. The van der Waals surface area contributed by atoms with Gasteiger partial charge in [0.15, 0.2) is 0 Å². The minimum Gasteiger partial charge on any atom is -0.368 e. The van der Waals surface area contributed by atoms with Crippen molar-refractivity contribution in [1.82, 2.24) is 4.90 Å². The first-order valence-corrected chi connectivity index (χ1v) is 11.2. The van der Waals surface area contributed by atoms with Crippen molar-refractivity contribution in [2.24, 2.45) is 5.92 Å². The monoisotopic (exact) mass is 413 g/mol. The molecule has 7 nitrogen and oxygen atoms in total. The van der Waals surface area contributed by atoms with Gasteiger partial charge >= 0.3 is 0 Å². The van der Waals surface area contributed by atoms with Crippen molar-refractivity contribution in [2.45, 2.75) is 6.92 Å². The molecule has 1 atom stereocenters. The molecule has 0 bridgehead atoms. The van der Waals surface area contributed by atoms with Gasteiger partial charge in [-0.05, 0) is 30.3 Å². The van der Waals surface area contributed by atoms with Crippen LogP contribution in [-0.2, 0) is 14.8 Å². The molecule has 152 valence electrons. The molecule has 8 heteroatoms. The topological polar surface area (TPSA) is 78.0 Å². The molecule has 29 heavy (non-hydrogen) atoms. The first kappa shape index (κ1) is 19.4. The van der Waals surface area contributed by atoms with Crippen molar-refractivity contribution in [1.29, 1.82) is 0 Å². The first-order valence-electron chi connectivity index (χ1n) is 9.63. The summed E-state index contributed by atoms with van der Waals surface area (Å²) in [5, 5.41) is 0. The molecule has 0 aromatic heterocycles. The molecule has 2 heterocycles. The summed E-state index contributed by atoms with van der Waals surface area (Å²) in [7, 11) is -3.69. The Hall–Kier alpha value is -2.87. The number of carbonyl (C=O) groups excluding carboxylic acids is 2. The number of rotatable bonds is 3. The Morgan fingerprint density at radius 1 is 0.931 bits per heavy atom. The number of hydrogen-bond acceptors (Lipinski definition) is 5. The van der Waals surface area contributed by atoms with Crippen LogP contribution in [-0.4, -0.2) is 57.1 Å². The number of sulfonamides is 1. The molecule has 0 saturated carbocycles. The fourth-order valence-electron chi connectivity index (χ4n) is 3.84. The van der Waals surface area contributed by atoms with E-state index in [-0.39, 0.29) is 17.3 Å². The van der Waals surface area contributed by atoms with Gasteiger partial charge in [0, 0.05) is 37.4 Å². The Morgan fingerprint density at radius 3 is 2.21 bits per heavy atom. The van der Waals surface area contributed by atoms with Crippen LogP contribution in [0.4, 0.5) is 11.4 Å². The number of para-hydroxylation sites is 1. The van der Waals surface area contributed by atoms with E-state index in [9.17, 15) is 18.0 Å². The minimum absolute atomic E-state index is 0.156. The zero-order valence-corrected chi connectivity index (χ0v) is 17.0. The van der Waals surface area contributed by atoms with Crippen molar-refractivity contribution in [2.75, 3.05) is 41.1 Å². The maximum absolute atomic E-state index is 13.0. The molecular formula is C21H23N3O4S. The lowest BCUT2D eigenvalue weighted by molar-refractivity contribution is -0.119. The first-order chi connectivity index (χ1) is 13.9. The average Bonchev–Trinajstić information content (AvgIpc) is 2.94. The highest BCUT2D eigenvalue weighted by molar-refractivity contribution is 7.94. The van der Waals surface area contributed by atoms with Crippen LogP contribution in [0.3, 0.4) is 0 Å². The van der Waals surface area contributed by atoms with Crippen molar-refractivity contribution < 1.29 is 18.0 Å². The van der Waals surface area contributed by atoms with Crippen LogP contribution in [0.25, 0.3) is 0 Å². The van der Waals surface area contributed by atoms with Gasteiger partial charge in [-0.25, -0.2) is 12.7 Å². The van der Waals surface area contributed by atoms with Gasteiger partial charge in [-0.2, -0.15) is 0 Å². The summed E-state index contributed by atoms with van der Waals surface area (Å²) < 4.78 is 25.5. The average molecular weight is 413 g/mol. The SMILES string of the molecule is C[C@H]1CS(=O)(=O)N(c2cccc(C(=O)N3CCN(c4ccccc4)CC3)c2)C1=O. The van der Waals surface area contributed by atoms with Crippen molar-refractivity contribution in [3.05, 3.63) is 60.2 Å². The van der Waals surface area contributed by atoms with E-state index in [0.717, 1.165) is 23.1 Å². The van der Waals surface area contributed by atoms with E-state index in [4.69, 9.17) is 0 Å². The molecule has 0 unspecified atom stereocenters. The van der Waals surface area contributed by atoms with Crippen LogP contribution in [0.2, 0.25) is 0 Å². The lowest BCUT2D eigenvalue weighted by Gasteiger charge is -2.36. The Balaban J connectivity index is 1.49. The van der Waals surface area contributed by atoms with Gasteiger partial charge in [-0.15, -0.1) is 0 Å². The fourth-order valence-corrected chi connectivity index (χ4v) is 5.65. The number of hydrogen-bond donors (Lipinski definition) is 0. The molecule has 0 radical (unpaired) electrons. The third-order valence-corrected chi connectivity index (χ3v) is 7.24. The summed E-state index contributed by atoms with van der Waals surface area (Å²) in [6, 6.07) is 16.4. The van der Waals surface area contributed by atoms with Crippen molar-refractivity contribution in [3.8, 4) is 0 Å². The van der Waals surface area contributed by atoms with Crippen molar-refractivity contribution in [3.63, 3.8) is 0 Å². The highest BCUT2D eigenvalue weighted by Crippen LogP contribution is 2.29. The van der Waals surface area contributed by atoms with E-state index in [2.05, 4.69) is 17.0 Å². The Kier molecular flexibility index (Phi) is 5.04. The molecule has 0 aliphatic carbocycles. The zero-order chi connectivity index (χ0) is 20.6. The van der Waals surface area contributed by atoms with E-state index in [0.29, 0.717) is 18.7 Å². The predicted octanol–water partition coefficient (Wildman–Crippen LogP) is 1.96. The third kappa shape index (κ3) is 3.72. The molecular weight excluding hydrogens is 390 g/mol. The molecule has 0 N–H and O–H groups in total. The molecule has 2 aliphatic rings. The van der Waals surface area contributed by atoms with Crippen molar-refractivity contribution >= 4 is 33.2 Å². The lowest BCUT2D eigenvalue weighted by Crippen LogP contribution is -2.48. The minimum atomic E-state index is -3.69. The van der Waals surface area contributed by atoms with Crippen LogP contribution >= 0.6 is 0 Å². The standard InChI is InChI=1S/C21H23N3O4S/c1-16-15-29(27,28)24(20(16)25)19-9-5-6-17(14-19)21(26)23-12-10-22(11-13-23)18-7-3-2-4-8-18/h2-9,14,16H,10-13,15H2,1H3/t16-/m0/s1. The van der Waals surface area contributed by atoms with Gasteiger partial charge in [-0.1, -0.05) is 31.2 Å². The molecule has 0 spiro atoms. The van der Waals surface area contributed by atoms with E-state index in [1.165, 1.54) is 6.07 Å². The number of anilines is 2. The molecule has 2 fully saturated rings. The maximum Gasteiger partial charge on any atom is 0.254 e. The maximum atomic E-state index is 13.0. The number of piperazine rings is 1. The van der Waals surface area contributed by atoms with Gasteiger partial charge in [-0.3, -0.25) is 9.59 Å². The highest BCUT2D eigenvalue weighted by Gasteiger charge is 2.42. The summed E-state index contributed by atoms with van der Waals surface area (Å²) in [4.78, 5) is 29.3. The predicted molar refractivity (Wildman–Crippen MR) is 111 cm³/mol. The van der Waals surface area contributed by atoms with Gasteiger partial charge < -0.3 is 9.80 Å². The molecule has 2 saturated heterocycles. The lowest BCUT2D eigenvalue weighted by atomic mass is 10.1. The van der Waals surface area contributed by atoms with E-state index >= 15 is 0 Å². The second-order valence-electron chi connectivity index (χ2n) is 7.45. The summed E-state index contributed by atoms with van der Waals surface area (Å²) in [5.41, 5.74) is 1.75. The Morgan fingerprint density at radius 2 is 1.59 bits per heavy atom. The molecule has 2 amide bonds. The molecule has 2 aliphatic heterocycles. The Bertz CT molecular complexity index is 1030. The highest BCUT2D eigenvalue weighted by atomic mass is 32.2. The summed E-state index contributed by atoms with van der Waals surface area (Å²) in [6.45, 7) is 4.21. The quantitative estimate of drug-likeness (QED) is 0.769. The number of benzene rings is 2. The second kappa shape index (κ2) is 7.51. The van der Waals surface area contributed by atoms with E-state index < -0.39 is 21.8 Å². The van der Waals surface area contributed by atoms with Crippen LogP contribution in [0.5, 0.6) is 0 Å². The normalized spacial score (nSPS) is 21.5. The smallest absolute Gasteiger partial charge is 0.254 e. The molecule has 2 aromatic carbocycles. The van der Waals surface area contributed by atoms with Crippen LogP contribution in [0.1, 0.15) is 17.3 Å². The van der Waals surface area contributed by atoms with Crippen LogP contribution < -0.4 is 9.21 Å². The summed E-state index contributed by atoms with van der Waals surface area (Å²) >= 11 is 0. The van der Waals surface area contributed by atoms with Crippen LogP contribution in [0, 0.1) is 5.92 Å². The third-order valence-electron chi connectivity index (χ3n) is 5.38. The Labute approximate surface area is 170 Å². The van der Waals surface area contributed by atoms with Gasteiger partial charge in [0.1, 0.15) is 0 Å². The summed E-state index contributed by atoms with van der Waals surface area (Å²) in [5.74, 6) is -1.39. The number of nitrogens with zero attached hydrogens (tertiary/aromatic N) is 3. The molecule has 2 aromatic rings. The van der Waals surface area contributed by atoms with Gasteiger partial charge in [0.05, 0.1) is 17.4 Å². The fraction of sp³-hybridized carbons (Fsp3) is 0.333. The van der Waals surface area contributed by atoms with Gasteiger partial charge in [0.2, 0.25) is 15.9 Å². The van der Waals surface area contributed by atoms with E-state index in [1.54, 1.807) is 30.0 Å². The summed E-state index contributed by atoms with van der Waals surface area (Å²) in [6.07, 6.45) is 0. The number of carbonyl (C=O) groups is 2. The largest absolute Gasteiger partial charge is 0.368 e. The molecule has 4 rings (SSSR count). The van der Waals surface area contributed by atoms with Crippen LogP contribution in [0.15, 0.2) is 54.6 Å². The van der Waals surface area contributed by atoms with Gasteiger partial charge in [0.25, 0.3) is 5.91 Å². The number of amides is 2. The van der Waals surface area contributed by atoms with E-state index in [1.807, 2.05) is 18.2 Å². The zero-order valence-electron chi connectivity index (χ0n) is 16.2.